The molecule has 0 radical (unpaired) electrons. The molecule has 0 aromatic heterocycles. The Morgan fingerprint density at radius 3 is 2.35 bits per heavy atom. The van der Waals surface area contributed by atoms with Crippen molar-refractivity contribution in [2.75, 3.05) is 19.8 Å². The topological polar surface area (TPSA) is 200 Å². The molecule has 0 aromatic carbocycles. The highest BCUT2D eigenvalue weighted by molar-refractivity contribution is 5.83. The number of aliphatic hydroxyl groups excluding tert-OH is 5. The second-order valence-corrected chi connectivity index (χ2v) is 18.8. The van der Waals surface area contributed by atoms with Crippen LogP contribution in [-0.4, -0.2) is 130 Å². The third-order valence-corrected chi connectivity index (χ3v) is 15.8. The van der Waals surface area contributed by atoms with Crippen LogP contribution in [0.2, 0.25) is 0 Å². The van der Waals surface area contributed by atoms with Gasteiger partial charge in [0.25, 0.3) is 0 Å². The molecule has 54 heavy (non-hydrogen) atoms. The van der Waals surface area contributed by atoms with E-state index in [9.17, 15) is 35.1 Å². The molecular formula is C40H62O14. The Hall–Kier alpha value is -1.30. The van der Waals surface area contributed by atoms with Crippen LogP contribution in [0.5, 0.6) is 0 Å². The molecule has 8 fully saturated rings. The molecule has 0 bridgehead atoms. The number of ether oxygens (including phenoxy) is 7. The zero-order chi connectivity index (χ0) is 38.5. The van der Waals surface area contributed by atoms with Crippen molar-refractivity contribution >= 4 is 11.8 Å². The van der Waals surface area contributed by atoms with Gasteiger partial charge in [0.05, 0.1) is 32.0 Å². The number of aliphatic hydroxyl groups is 5. The van der Waals surface area contributed by atoms with E-state index in [2.05, 4.69) is 27.7 Å². The number of rotatable bonds is 6. The Morgan fingerprint density at radius 1 is 0.870 bits per heavy atom. The molecule has 1 spiro atoms. The molecule has 4 aliphatic heterocycles. The summed E-state index contributed by atoms with van der Waals surface area (Å²) < 4.78 is 42.0. The van der Waals surface area contributed by atoms with Gasteiger partial charge in [-0.05, 0) is 85.4 Å². The summed E-state index contributed by atoms with van der Waals surface area (Å²) in [5.41, 5.74) is -0.0689. The molecule has 8 rings (SSSR count). The van der Waals surface area contributed by atoms with Crippen molar-refractivity contribution in [3.63, 3.8) is 0 Å². The first-order valence-corrected chi connectivity index (χ1v) is 20.5. The van der Waals surface area contributed by atoms with Gasteiger partial charge in [-0.2, -0.15) is 0 Å². The SMILES string of the molecule is CC(=O)OC1C(OCC2OC(OC3CC[C@]4(C)C5CC[C@@]6(C)C(CC7O[C@]8(CC[C@@H](C)CO8)[C@@H](C)C76)C5CC(=O)[C@H]4C3)C(O)C(O)C2O)OCC(O)C1O. The fourth-order valence-electron chi connectivity index (χ4n) is 12.9. The van der Waals surface area contributed by atoms with Gasteiger partial charge < -0.3 is 58.7 Å². The minimum atomic E-state index is -1.62. The Morgan fingerprint density at radius 2 is 1.63 bits per heavy atom. The highest BCUT2D eigenvalue weighted by Crippen LogP contribution is 2.71. The standard InChI is InChI=1S/C40H62O14/c1-18-6-11-40(50-15-18)19(2)30-28(54-40)14-24-22-13-26(42)25-12-21(7-9-38(25,4)23(22)8-10-39(24,30)5)52-36-34(47)33(46)32(45)29(53-36)17-49-37-35(51-20(3)41)31(44)27(43)16-48-37/h18-19,21-25,27-37,43-47H,6-17H2,1-5H3/t18-,19+,21?,22?,23?,24?,25-,27?,28?,29?,30?,31?,32?,33?,34?,35?,36?,37?,38-,39+,40-/m1/s1. The van der Waals surface area contributed by atoms with Gasteiger partial charge in [0.1, 0.15) is 42.4 Å². The van der Waals surface area contributed by atoms with Crippen LogP contribution in [0.1, 0.15) is 92.4 Å². The lowest BCUT2D eigenvalue weighted by molar-refractivity contribution is -0.330. The summed E-state index contributed by atoms with van der Waals surface area (Å²) in [6.45, 7) is 10.6. The van der Waals surface area contributed by atoms with Crippen molar-refractivity contribution in [1.29, 1.82) is 0 Å². The summed E-state index contributed by atoms with van der Waals surface area (Å²) >= 11 is 0. The van der Waals surface area contributed by atoms with Crippen LogP contribution in [0.25, 0.3) is 0 Å². The van der Waals surface area contributed by atoms with Crippen molar-refractivity contribution < 1.29 is 68.3 Å². The molecule has 0 amide bonds. The van der Waals surface area contributed by atoms with Crippen LogP contribution < -0.4 is 0 Å². The normalized spacial score (nSPS) is 55.8. The smallest absolute Gasteiger partial charge is 0.303 e. The molecule has 306 valence electrons. The number of fused-ring (bicyclic) bond motifs is 7. The lowest BCUT2D eigenvalue weighted by Crippen LogP contribution is -2.61. The van der Waals surface area contributed by atoms with Gasteiger partial charge in [0, 0.05) is 31.6 Å². The van der Waals surface area contributed by atoms with E-state index in [1.54, 1.807) is 0 Å². The van der Waals surface area contributed by atoms with E-state index in [1.165, 1.54) is 0 Å². The van der Waals surface area contributed by atoms with Gasteiger partial charge in [-0.25, -0.2) is 0 Å². The van der Waals surface area contributed by atoms with E-state index in [-0.39, 0.29) is 41.8 Å². The van der Waals surface area contributed by atoms with Crippen molar-refractivity contribution in [3.05, 3.63) is 0 Å². The summed E-state index contributed by atoms with van der Waals surface area (Å²) in [4.78, 5) is 25.9. The maximum Gasteiger partial charge on any atom is 0.303 e. The number of hydrogen-bond acceptors (Lipinski definition) is 14. The molecule has 0 aromatic rings. The van der Waals surface area contributed by atoms with Crippen molar-refractivity contribution in [3.8, 4) is 0 Å². The Bertz CT molecular complexity index is 1400. The summed E-state index contributed by atoms with van der Waals surface area (Å²) in [7, 11) is 0. The largest absolute Gasteiger partial charge is 0.454 e. The summed E-state index contributed by atoms with van der Waals surface area (Å²) in [6.07, 6.45) is -5.09. The third kappa shape index (κ3) is 6.42. The molecule has 15 unspecified atom stereocenters. The van der Waals surface area contributed by atoms with Crippen LogP contribution in [0, 0.1) is 52.3 Å². The average molecular weight is 767 g/mol. The Kier molecular flexibility index (Phi) is 10.6. The Labute approximate surface area is 317 Å². The van der Waals surface area contributed by atoms with Crippen LogP contribution in [-0.2, 0) is 42.7 Å². The average Bonchev–Trinajstić information content (AvgIpc) is 3.58. The maximum absolute atomic E-state index is 14.2. The summed E-state index contributed by atoms with van der Waals surface area (Å²) in [5, 5.41) is 52.9. The van der Waals surface area contributed by atoms with Gasteiger partial charge in [-0.1, -0.05) is 27.7 Å². The Balaban J connectivity index is 0.906. The van der Waals surface area contributed by atoms with Gasteiger partial charge in [-0.3, -0.25) is 9.59 Å². The molecular weight excluding hydrogens is 704 g/mol. The monoisotopic (exact) mass is 766 g/mol. The molecule has 4 aliphatic carbocycles. The second-order valence-electron chi connectivity index (χ2n) is 18.8. The van der Waals surface area contributed by atoms with Gasteiger partial charge in [0.15, 0.2) is 24.5 Å². The number of ketones is 1. The number of carbonyl (C=O) groups is 2. The summed E-state index contributed by atoms with van der Waals surface area (Å²) in [5.74, 6) is 1.37. The van der Waals surface area contributed by atoms with Crippen molar-refractivity contribution in [2.24, 2.45) is 52.3 Å². The maximum atomic E-state index is 14.2. The second kappa shape index (κ2) is 14.5. The minimum absolute atomic E-state index is 0.108. The number of hydrogen-bond donors (Lipinski definition) is 5. The molecule has 5 N–H and O–H groups in total. The first-order chi connectivity index (χ1) is 25.6. The van der Waals surface area contributed by atoms with Crippen LogP contribution >= 0.6 is 0 Å². The highest BCUT2D eigenvalue weighted by atomic mass is 16.7. The van der Waals surface area contributed by atoms with Gasteiger partial charge in [0.2, 0.25) is 0 Å². The zero-order valence-electron chi connectivity index (χ0n) is 32.3. The van der Waals surface area contributed by atoms with E-state index in [4.69, 9.17) is 33.2 Å². The van der Waals surface area contributed by atoms with Crippen LogP contribution in [0.3, 0.4) is 0 Å². The molecule has 4 heterocycles. The number of esters is 1. The van der Waals surface area contributed by atoms with E-state index >= 15 is 0 Å². The molecule has 8 aliphatic rings. The number of Topliss-reactive ketones (excluding diaryl/α,β-unsaturated/α-hetero) is 1. The lowest BCUT2D eigenvalue weighted by Gasteiger charge is -2.60. The van der Waals surface area contributed by atoms with Crippen LogP contribution in [0.4, 0.5) is 0 Å². The number of carbonyl (C=O) groups excluding carboxylic acids is 2. The van der Waals surface area contributed by atoms with Gasteiger partial charge >= 0.3 is 5.97 Å². The van der Waals surface area contributed by atoms with Gasteiger partial charge in [-0.15, -0.1) is 0 Å². The van der Waals surface area contributed by atoms with E-state index in [1.807, 2.05) is 0 Å². The molecule has 21 atom stereocenters. The lowest BCUT2D eigenvalue weighted by atomic mass is 9.44. The summed E-state index contributed by atoms with van der Waals surface area (Å²) in [6, 6.07) is 0. The van der Waals surface area contributed by atoms with E-state index in [0.29, 0.717) is 54.8 Å². The molecule has 4 saturated heterocycles. The predicted octanol–water partition coefficient (Wildman–Crippen LogP) is 1.83. The minimum Gasteiger partial charge on any atom is -0.454 e. The molecule has 4 saturated carbocycles. The van der Waals surface area contributed by atoms with Crippen molar-refractivity contribution in [1.82, 2.24) is 0 Å². The third-order valence-electron chi connectivity index (χ3n) is 15.8. The first kappa shape index (κ1) is 39.5. The molecule has 14 heteroatoms. The zero-order valence-corrected chi connectivity index (χ0v) is 32.3. The van der Waals surface area contributed by atoms with Crippen molar-refractivity contribution in [2.45, 2.75) is 166 Å². The van der Waals surface area contributed by atoms with E-state index < -0.39 is 73.2 Å². The highest BCUT2D eigenvalue weighted by Gasteiger charge is 2.70. The predicted molar refractivity (Wildman–Crippen MR) is 187 cm³/mol. The van der Waals surface area contributed by atoms with Crippen LogP contribution in [0.15, 0.2) is 0 Å². The quantitative estimate of drug-likeness (QED) is 0.194. The molecule has 14 nitrogen and oxygen atoms in total. The fraction of sp³-hybridized carbons (Fsp3) is 0.950. The van der Waals surface area contributed by atoms with E-state index in [0.717, 1.165) is 52.1 Å². The first-order valence-electron chi connectivity index (χ1n) is 20.5. The fourth-order valence-corrected chi connectivity index (χ4v) is 12.9.